The Morgan fingerprint density at radius 3 is 2.81 bits per heavy atom. The quantitative estimate of drug-likeness (QED) is 0.941. The average molecular weight is 318 g/mol. The number of hydrogen-bond donors (Lipinski definition) is 1. The second-order valence-corrected chi connectivity index (χ2v) is 6.85. The summed E-state index contributed by atoms with van der Waals surface area (Å²) in [6.45, 7) is 3.04. The number of halogens is 1. The fraction of sp³-hybridized carbons (Fsp3) is 0.400. The number of rotatable bonds is 4. The van der Waals surface area contributed by atoms with Crippen molar-refractivity contribution in [1.29, 1.82) is 0 Å². The summed E-state index contributed by atoms with van der Waals surface area (Å²) in [7, 11) is 1.95. The van der Waals surface area contributed by atoms with Crippen LogP contribution in [0.1, 0.15) is 10.6 Å². The van der Waals surface area contributed by atoms with E-state index in [9.17, 15) is 0 Å². The second-order valence-electron chi connectivity index (χ2n) is 3.42. The van der Waals surface area contributed by atoms with E-state index in [1.165, 1.54) is 14.2 Å². The number of likely N-dealkylation sites (N-methyl/N-ethyl adjacent to an activating group) is 1. The van der Waals surface area contributed by atoms with Gasteiger partial charge in [-0.2, -0.15) is 0 Å². The minimum absolute atomic E-state index is 0.944. The van der Waals surface area contributed by atoms with Gasteiger partial charge in [0.25, 0.3) is 0 Å². The zero-order valence-electron chi connectivity index (χ0n) is 9.08. The van der Waals surface area contributed by atoms with Crippen LogP contribution in [0, 0.1) is 6.92 Å². The molecule has 86 valence electrons. The van der Waals surface area contributed by atoms with Crippen LogP contribution in [0.3, 0.4) is 0 Å². The van der Waals surface area contributed by atoms with Crippen molar-refractivity contribution in [1.82, 2.24) is 15.5 Å². The van der Waals surface area contributed by atoms with Crippen LogP contribution in [0.2, 0.25) is 0 Å². The predicted octanol–water partition coefficient (Wildman–Crippen LogP) is 3.10. The van der Waals surface area contributed by atoms with Gasteiger partial charge in [-0.05, 0) is 41.5 Å². The summed E-state index contributed by atoms with van der Waals surface area (Å²) >= 11 is 6.92. The van der Waals surface area contributed by atoms with Crippen LogP contribution in [-0.4, -0.2) is 23.8 Å². The first-order chi connectivity index (χ1) is 7.70. The Hall–Kier alpha value is -0.300. The van der Waals surface area contributed by atoms with E-state index in [0.29, 0.717) is 0 Å². The van der Waals surface area contributed by atoms with Crippen LogP contribution in [0.25, 0.3) is 9.88 Å². The molecule has 0 saturated carbocycles. The van der Waals surface area contributed by atoms with Gasteiger partial charge in [0.05, 0.1) is 8.66 Å². The van der Waals surface area contributed by atoms with Crippen molar-refractivity contribution < 1.29 is 0 Å². The summed E-state index contributed by atoms with van der Waals surface area (Å²) in [6, 6.07) is 2.15. The lowest BCUT2D eigenvalue weighted by Crippen LogP contribution is -2.09. The largest absolute Gasteiger partial charge is 0.319 e. The first kappa shape index (κ1) is 12.2. The molecule has 16 heavy (non-hydrogen) atoms. The molecular formula is C10H12BrN3S2. The van der Waals surface area contributed by atoms with E-state index in [1.807, 2.05) is 7.05 Å². The predicted molar refractivity (Wildman–Crippen MR) is 73.3 cm³/mol. The van der Waals surface area contributed by atoms with Gasteiger partial charge >= 0.3 is 0 Å². The van der Waals surface area contributed by atoms with E-state index in [-0.39, 0.29) is 0 Å². The van der Waals surface area contributed by atoms with Crippen molar-refractivity contribution in [3.05, 3.63) is 20.4 Å². The van der Waals surface area contributed by atoms with Crippen LogP contribution >= 0.6 is 38.6 Å². The summed E-state index contributed by atoms with van der Waals surface area (Å²) in [5.74, 6) is 0. The van der Waals surface area contributed by atoms with Gasteiger partial charge in [0.1, 0.15) is 5.01 Å². The Balaban J connectivity index is 2.18. The highest BCUT2D eigenvalue weighted by Gasteiger charge is 2.10. The summed E-state index contributed by atoms with van der Waals surface area (Å²) in [5, 5.41) is 13.6. The third-order valence-corrected chi connectivity index (χ3v) is 5.41. The molecule has 0 spiro atoms. The lowest BCUT2D eigenvalue weighted by molar-refractivity contribution is 0.779. The molecule has 0 aliphatic heterocycles. The van der Waals surface area contributed by atoms with Crippen molar-refractivity contribution >= 4 is 38.6 Å². The van der Waals surface area contributed by atoms with Crippen LogP contribution < -0.4 is 5.32 Å². The lowest BCUT2D eigenvalue weighted by atomic mass is 10.3. The number of thiophene rings is 1. The van der Waals surface area contributed by atoms with Gasteiger partial charge in [0.2, 0.25) is 0 Å². The summed E-state index contributed by atoms with van der Waals surface area (Å²) in [6.07, 6.45) is 0.944. The Labute approximate surface area is 111 Å². The fourth-order valence-electron chi connectivity index (χ4n) is 1.25. The first-order valence-corrected chi connectivity index (χ1v) is 7.36. The molecule has 0 radical (unpaired) electrons. The number of aryl methyl sites for hydroxylation is 1. The molecule has 0 aromatic carbocycles. The molecule has 0 amide bonds. The zero-order valence-corrected chi connectivity index (χ0v) is 12.3. The van der Waals surface area contributed by atoms with E-state index in [2.05, 4.69) is 44.4 Å². The molecule has 0 bridgehead atoms. The number of nitrogens with one attached hydrogen (secondary N) is 1. The Morgan fingerprint density at radius 1 is 1.38 bits per heavy atom. The average Bonchev–Trinajstić information content (AvgIpc) is 2.84. The molecule has 0 unspecified atom stereocenters. The van der Waals surface area contributed by atoms with Crippen molar-refractivity contribution in [2.45, 2.75) is 13.3 Å². The highest BCUT2D eigenvalue weighted by Crippen LogP contribution is 2.35. The molecule has 6 heteroatoms. The zero-order chi connectivity index (χ0) is 11.5. The highest BCUT2D eigenvalue weighted by molar-refractivity contribution is 9.11. The van der Waals surface area contributed by atoms with Crippen molar-refractivity contribution in [2.24, 2.45) is 0 Å². The maximum Gasteiger partial charge on any atom is 0.157 e. The molecule has 2 aromatic rings. The van der Waals surface area contributed by atoms with E-state index >= 15 is 0 Å². The summed E-state index contributed by atoms with van der Waals surface area (Å²) in [4.78, 5) is 1.19. The number of nitrogens with zero attached hydrogens (tertiary/aromatic N) is 2. The van der Waals surface area contributed by atoms with E-state index in [1.54, 1.807) is 22.7 Å². The number of aromatic nitrogens is 2. The molecule has 2 aromatic heterocycles. The van der Waals surface area contributed by atoms with E-state index < -0.39 is 0 Å². The topological polar surface area (TPSA) is 37.8 Å². The SMILES string of the molecule is CNCCc1nnc(-c2cc(C)c(Br)s2)s1. The molecule has 0 aliphatic rings. The van der Waals surface area contributed by atoms with Crippen LogP contribution in [0.4, 0.5) is 0 Å². The monoisotopic (exact) mass is 317 g/mol. The molecule has 1 N–H and O–H groups in total. The van der Waals surface area contributed by atoms with Crippen molar-refractivity contribution in [3.63, 3.8) is 0 Å². The summed E-state index contributed by atoms with van der Waals surface area (Å²) in [5.41, 5.74) is 1.26. The molecule has 3 nitrogen and oxygen atoms in total. The van der Waals surface area contributed by atoms with Gasteiger partial charge in [-0.3, -0.25) is 0 Å². The maximum atomic E-state index is 4.22. The molecule has 0 atom stereocenters. The van der Waals surface area contributed by atoms with Crippen LogP contribution in [-0.2, 0) is 6.42 Å². The maximum absolute atomic E-state index is 4.22. The third-order valence-electron chi connectivity index (χ3n) is 2.12. The molecule has 2 rings (SSSR count). The Bertz CT molecular complexity index is 459. The molecular weight excluding hydrogens is 306 g/mol. The fourth-order valence-corrected chi connectivity index (χ4v) is 3.67. The lowest BCUT2D eigenvalue weighted by Gasteiger charge is -1.91. The van der Waals surface area contributed by atoms with Gasteiger partial charge in [-0.25, -0.2) is 0 Å². The Morgan fingerprint density at radius 2 is 2.19 bits per heavy atom. The van der Waals surface area contributed by atoms with Crippen LogP contribution in [0.15, 0.2) is 9.85 Å². The normalized spacial score (nSPS) is 10.9. The van der Waals surface area contributed by atoms with Crippen molar-refractivity contribution in [3.8, 4) is 9.88 Å². The van der Waals surface area contributed by atoms with Crippen molar-refractivity contribution in [2.75, 3.05) is 13.6 Å². The van der Waals surface area contributed by atoms with Gasteiger partial charge < -0.3 is 5.32 Å². The highest BCUT2D eigenvalue weighted by atomic mass is 79.9. The summed E-state index contributed by atoms with van der Waals surface area (Å²) < 4.78 is 1.18. The number of hydrogen-bond acceptors (Lipinski definition) is 5. The molecule has 0 fully saturated rings. The van der Waals surface area contributed by atoms with Gasteiger partial charge in [-0.15, -0.1) is 21.5 Å². The minimum Gasteiger partial charge on any atom is -0.319 e. The van der Waals surface area contributed by atoms with E-state index in [0.717, 1.165) is 23.0 Å². The molecule has 0 saturated heterocycles. The molecule has 2 heterocycles. The third kappa shape index (κ3) is 2.68. The molecule has 0 aliphatic carbocycles. The van der Waals surface area contributed by atoms with Crippen LogP contribution in [0.5, 0.6) is 0 Å². The van der Waals surface area contributed by atoms with Gasteiger partial charge in [-0.1, -0.05) is 11.3 Å². The Kier molecular flexibility index (Phi) is 4.07. The van der Waals surface area contributed by atoms with E-state index in [4.69, 9.17) is 0 Å². The first-order valence-electron chi connectivity index (χ1n) is 4.94. The second kappa shape index (κ2) is 5.35. The van der Waals surface area contributed by atoms with Gasteiger partial charge in [0.15, 0.2) is 5.01 Å². The standard InChI is InChI=1S/C10H12BrN3S2/c1-6-5-7(15-9(6)11)10-14-13-8(16-10)3-4-12-2/h5,12H,3-4H2,1-2H3. The smallest absolute Gasteiger partial charge is 0.157 e. The minimum atomic E-state index is 0.944. The van der Waals surface area contributed by atoms with Gasteiger partial charge in [0, 0.05) is 13.0 Å².